The normalized spacial score (nSPS) is 12.9. The smallest absolute Gasteiger partial charge is 0.137 e. The standard InChI is InChI=1S/C10H14Cl2N2/c1-4-5-6(2)10-13-8(11)7(3)9(12)14-10/h6H,4-5H2,1-3H3. The van der Waals surface area contributed by atoms with Crippen LogP contribution < -0.4 is 0 Å². The highest BCUT2D eigenvalue weighted by Gasteiger charge is 2.12. The lowest BCUT2D eigenvalue weighted by Gasteiger charge is -2.10. The van der Waals surface area contributed by atoms with Crippen LogP contribution in [0.3, 0.4) is 0 Å². The second-order valence-corrected chi connectivity index (χ2v) is 4.19. The molecule has 0 saturated carbocycles. The maximum Gasteiger partial charge on any atom is 0.137 e. The van der Waals surface area contributed by atoms with Crippen molar-refractivity contribution in [3.8, 4) is 0 Å². The van der Waals surface area contributed by atoms with Gasteiger partial charge in [0.15, 0.2) is 0 Å². The highest BCUT2D eigenvalue weighted by atomic mass is 35.5. The molecule has 0 bridgehead atoms. The Morgan fingerprint density at radius 1 is 1.21 bits per heavy atom. The zero-order valence-corrected chi connectivity index (χ0v) is 10.2. The van der Waals surface area contributed by atoms with Crippen molar-refractivity contribution in [2.24, 2.45) is 0 Å². The Morgan fingerprint density at radius 2 is 1.71 bits per heavy atom. The number of halogens is 2. The first-order valence-electron chi connectivity index (χ1n) is 4.75. The molecule has 0 aliphatic rings. The molecule has 0 saturated heterocycles. The fraction of sp³-hybridized carbons (Fsp3) is 0.600. The highest BCUT2D eigenvalue weighted by Crippen LogP contribution is 2.24. The van der Waals surface area contributed by atoms with E-state index in [9.17, 15) is 0 Å². The highest BCUT2D eigenvalue weighted by molar-refractivity contribution is 6.34. The number of hydrogen-bond acceptors (Lipinski definition) is 2. The quantitative estimate of drug-likeness (QED) is 0.737. The molecule has 1 atom stereocenters. The van der Waals surface area contributed by atoms with E-state index in [4.69, 9.17) is 23.2 Å². The maximum absolute atomic E-state index is 5.93. The van der Waals surface area contributed by atoms with Crippen molar-refractivity contribution in [3.63, 3.8) is 0 Å². The monoisotopic (exact) mass is 232 g/mol. The lowest BCUT2D eigenvalue weighted by Crippen LogP contribution is -2.02. The van der Waals surface area contributed by atoms with Crippen LogP contribution in [-0.4, -0.2) is 9.97 Å². The molecule has 1 aromatic heterocycles. The van der Waals surface area contributed by atoms with Gasteiger partial charge >= 0.3 is 0 Å². The summed E-state index contributed by atoms with van der Waals surface area (Å²) in [6.45, 7) is 6.04. The van der Waals surface area contributed by atoms with Crippen molar-refractivity contribution in [3.05, 3.63) is 21.7 Å². The fourth-order valence-electron chi connectivity index (χ4n) is 1.26. The summed E-state index contributed by atoms with van der Waals surface area (Å²) in [5, 5.41) is 0.922. The predicted octanol–water partition coefficient (Wildman–Crippen LogP) is 4.00. The van der Waals surface area contributed by atoms with Crippen molar-refractivity contribution in [1.29, 1.82) is 0 Å². The van der Waals surface area contributed by atoms with Crippen LogP contribution in [0.2, 0.25) is 10.3 Å². The minimum Gasteiger partial charge on any atom is -0.221 e. The Morgan fingerprint density at radius 3 is 2.14 bits per heavy atom. The van der Waals surface area contributed by atoms with Crippen LogP contribution >= 0.6 is 23.2 Å². The Labute approximate surface area is 94.7 Å². The van der Waals surface area contributed by atoms with Crippen LogP contribution in [0.25, 0.3) is 0 Å². The van der Waals surface area contributed by atoms with E-state index in [0.717, 1.165) is 24.2 Å². The number of rotatable bonds is 3. The van der Waals surface area contributed by atoms with Gasteiger partial charge in [0.05, 0.1) is 0 Å². The third-order valence-corrected chi connectivity index (χ3v) is 2.94. The van der Waals surface area contributed by atoms with Gasteiger partial charge in [-0.2, -0.15) is 0 Å². The summed E-state index contributed by atoms with van der Waals surface area (Å²) >= 11 is 11.9. The van der Waals surface area contributed by atoms with Gasteiger partial charge in [0.1, 0.15) is 16.1 Å². The Balaban J connectivity index is 3.00. The summed E-state index contributed by atoms with van der Waals surface area (Å²) in [6.07, 6.45) is 2.16. The SMILES string of the molecule is CCCC(C)c1nc(Cl)c(C)c(Cl)n1. The van der Waals surface area contributed by atoms with E-state index in [2.05, 4.69) is 23.8 Å². The molecule has 0 aliphatic carbocycles. The van der Waals surface area contributed by atoms with Crippen LogP contribution in [0.4, 0.5) is 0 Å². The zero-order valence-electron chi connectivity index (χ0n) is 8.64. The first-order chi connectivity index (χ1) is 6.56. The summed E-state index contributed by atoms with van der Waals surface area (Å²) in [6, 6.07) is 0. The molecule has 0 spiro atoms. The summed E-state index contributed by atoms with van der Waals surface area (Å²) in [5.74, 6) is 1.06. The molecule has 1 unspecified atom stereocenters. The molecule has 4 heteroatoms. The van der Waals surface area contributed by atoms with Gasteiger partial charge in [-0.1, -0.05) is 43.5 Å². The second kappa shape index (κ2) is 4.94. The van der Waals surface area contributed by atoms with E-state index in [1.165, 1.54) is 0 Å². The van der Waals surface area contributed by atoms with E-state index in [-0.39, 0.29) is 0 Å². The summed E-state index contributed by atoms with van der Waals surface area (Å²) in [5.41, 5.74) is 0.751. The third-order valence-electron chi connectivity index (χ3n) is 2.21. The van der Waals surface area contributed by atoms with Gasteiger partial charge in [0, 0.05) is 11.5 Å². The average Bonchev–Trinajstić information content (AvgIpc) is 2.13. The minimum atomic E-state index is 0.315. The number of hydrogen-bond donors (Lipinski definition) is 0. The first-order valence-corrected chi connectivity index (χ1v) is 5.51. The van der Waals surface area contributed by atoms with Crippen molar-refractivity contribution < 1.29 is 0 Å². The predicted molar refractivity (Wildman–Crippen MR) is 60.1 cm³/mol. The molecule has 0 radical (unpaired) electrons. The Bertz CT molecular complexity index is 303. The van der Waals surface area contributed by atoms with Crippen LogP contribution in [-0.2, 0) is 0 Å². The minimum absolute atomic E-state index is 0.315. The molecule has 78 valence electrons. The molecule has 0 amide bonds. The van der Waals surface area contributed by atoms with Crippen molar-refractivity contribution in [2.45, 2.75) is 39.5 Å². The molecule has 14 heavy (non-hydrogen) atoms. The molecule has 0 aliphatic heterocycles. The van der Waals surface area contributed by atoms with Crippen LogP contribution in [0.15, 0.2) is 0 Å². The Kier molecular flexibility index (Phi) is 4.14. The number of aromatic nitrogens is 2. The summed E-state index contributed by atoms with van der Waals surface area (Å²) < 4.78 is 0. The molecular weight excluding hydrogens is 219 g/mol. The van der Waals surface area contributed by atoms with Crippen LogP contribution in [0.5, 0.6) is 0 Å². The number of nitrogens with zero attached hydrogens (tertiary/aromatic N) is 2. The largest absolute Gasteiger partial charge is 0.221 e. The van der Waals surface area contributed by atoms with Gasteiger partial charge in [0.25, 0.3) is 0 Å². The molecule has 1 aromatic rings. The lowest BCUT2D eigenvalue weighted by atomic mass is 10.1. The van der Waals surface area contributed by atoms with Gasteiger partial charge in [-0.05, 0) is 13.3 Å². The topological polar surface area (TPSA) is 25.8 Å². The molecule has 0 N–H and O–H groups in total. The molecular formula is C10H14Cl2N2. The van der Waals surface area contributed by atoms with E-state index >= 15 is 0 Å². The second-order valence-electron chi connectivity index (χ2n) is 3.48. The van der Waals surface area contributed by atoms with E-state index in [1.54, 1.807) is 0 Å². The van der Waals surface area contributed by atoms with Crippen molar-refractivity contribution >= 4 is 23.2 Å². The molecule has 1 rings (SSSR count). The average molecular weight is 233 g/mol. The van der Waals surface area contributed by atoms with E-state index in [1.807, 2.05) is 6.92 Å². The van der Waals surface area contributed by atoms with Crippen LogP contribution in [0.1, 0.15) is 44.0 Å². The van der Waals surface area contributed by atoms with Gasteiger partial charge in [0.2, 0.25) is 0 Å². The molecule has 0 aromatic carbocycles. The third kappa shape index (κ3) is 2.58. The van der Waals surface area contributed by atoms with Crippen LogP contribution in [0, 0.1) is 6.92 Å². The maximum atomic E-state index is 5.93. The van der Waals surface area contributed by atoms with Crippen molar-refractivity contribution in [2.75, 3.05) is 0 Å². The molecule has 0 fully saturated rings. The van der Waals surface area contributed by atoms with Gasteiger partial charge in [-0.3, -0.25) is 0 Å². The van der Waals surface area contributed by atoms with Crippen molar-refractivity contribution in [1.82, 2.24) is 9.97 Å². The van der Waals surface area contributed by atoms with Gasteiger partial charge in [-0.25, -0.2) is 9.97 Å². The zero-order chi connectivity index (χ0) is 10.7. The molecule has 1 heterocycles. The first kappa shape index (κ1) is 11.7. The molecule has 2 nitrogen and oxygen atoms in total. The summed E-state index contributed by atoms with van der Waals surface area (Å²) in [7, 11) is 0. The van der Waals surface area contributed by atoms with E-state index in [0.29, 0.717) is 16.2 Å². The van der Waals surface area contributed by atoms with Gasteiger partial charge in [-0.15, -0.1) is 0 Å². The lowest BCUT2D eigenvalue weighted by molar-refractivity contribution is 0.626. The fourth-order valence-corrected chi connectivity index (χ4v) is 1.66. The Hall–Kier alpha value is -0.340. The summed E-state index contributed by atoms with van der Waals surface area (Å²) in [4.78, 5) is 8.44. The van der Waals surface area contributed by atoms with Gasteiger partial charge < -0.3 is 0 Å². The van der Waals surface area contributed by atoms with E-state index < -0.39 is 0 Å².